The standard InChI is InChI=1S/C12H15N3O3/c1-7(9-5-4-6-18-9)13-11-10(12(16)17)8(2)14-15(11)3/h4-7,13H,1-3H3,(H,16,17). The van der Waals surface area contributed by atoms with Crippen LogP contribution in [0.5, 0.6) is 0 Å². The summed E-state index contributed by atoms with van der Waals surface area (Å²) in [6.07, 6.45) is 1.58. The van der Waals surface area contributed by atoms with E-state index in [1.54, 1.807) is 26.3 Å². The molecular formula is C12H15N3O3. The van der Waals surface area contributed by atoms with Crippen molar-refractivity contribution < 1.29 is 14.3 Å². The van der Waals surface area contributed by atoms with E-state index >= 15 is 0 Å². The maximum absolute atomic E-state index is 11.2. The highest BCUT2D eigenvalue weighted by atomic mass is 16.4. The Morgan fingerprint density at radius 2 is 2.33 bits per heavy atom. The lowest BCUT2D eigenvalue weighted by Crippen LogP contribution is -2.12. The van der Waals surface area contributed by atoms with E-state index in [-0.39, 0.29) is 11.6 Å². The summed E-state index contributed by atoms with van der Waals surface area (Å²) in [7, 11) is 1.70. The van der Waals surface area contributed by atoms with Crippen LogP contribution in [0.4, 0.5) is 5.82 Å². The van der Waals surface area contributed by atoms with Gasteiger partial charge in [-0.2, -0.15) is 5.10 Å². The van der Waals surface area contributed by atoms with Crippen LogP contribution in [-0.4, -0.2) is 20.9 Å². The van der Waals surface area contributed by atoms with Crippen LogP contribution in [-0.2, 0) is 7.05 Å². The Hall–Kier alpha value is -2.24. The van der Waals surface area contributed by atoms with Crippen LogP contribution < -0.4 is 5.32 Å². The van der Waals surface area contributed by atoms with Gasteiger partial charge < -0.3 is 14.8 Å². The lowest BCUT2D eigenvalue weighted by atomic mass is 10.2. The van der Waals surface area contributed by atoms with Gasteiger partial charge in [-0.15, -0.1) is 0 Å². The largest absolute Gasteiger partial charge is 0.477 e. The van der Waals surface area contributed by atoms with Gasteiger partial charge in [-0.25, -0.2) is 4.79 Å². The predicted molar refractivity (Wildman–Crippen MR) is 65.7 cm³/mol. The van der Waals surface area contributed by atoms with Gasteiger partial charge in [0, 0.05) is 7.05 Å². The highest BCUT2D eigenvalue weighted by molar-refractivity contribution is 5.94. The quantitative estimate of drug-likeness (QED) is 0.868. The molecule has 0 aliphatic heterocycles. The van der Waals surface area contributed by atoms with Gasteiger partial charge in [0.25, 0.3) is 0 Å². The number of nitrogens with zero attached hydrogens (tertiary/aromatic N) is 2. The van der Waals surface area contributed by atoms with Crippen molar-refractivity contribution in [1.82, 2.24) is 9.78 Å². The summed E-state index contributed by atoms with van der Waals surface area (Å²) in [6, 6.07) is 3.49. The minimum Gasteiger partial charge on any atom is -0.477 e. The second-order valence-electron chi connectivity index (χ2n) is 4.12. The molecule has 0 bridgehead atoms. The van der Waals surface area contributed by atoms with Crippen LogP contribution in [0.1, 0.15) is 34.8 Å². The minimum absolute atomic E-state index is 0.132. The topological polar surface area (TPSA) is 80.3 Å². The molecule has 2 heterocycles. The molecule has 2 aromatic rings. The van der Waals surface area contributed by atoms with Crippen molar-refractivity contribution in [2.24, 2.45) is 7.05 Å². The zero-order valence-electron chi connectivity index (χ0n) is 10.5. The lowest BCUT2D eigenvalue weighted by Gasteiger charge is -2.13. The number of nitrogens with one attached hydrogen (secondary N) is 1. The number of hydrogen-bond acceptors (Lipinski definition) is 4. The fraction of sp³-hybridized carbons (Fsp3) is 0.333. The van der Waals surface area contributed by atoms with Crippen LogP contribution in [0.15, 0.2) is 22.8 Å². The number of carbonyl (C=O) groups is 1. The highest BCUT2D eigenvalue weighted by Crippen LogP contribution is 2.24. The zero-order valence-corrected chi connectivity index (χ0v) is 10.5. The Morgan fingerprint density at radius 3 is 2.89 bits per heavy atom. The Balaban J connectivity index is 2.31. The number of carboxylic acids is 1. The van der Waals surface area contributed by atoms with Crippen molar-refractivity contribution in [3.05, 3.63) is 35.4 Å². The van der Waals surface area contributed by atoms with E-state index in [0.29, 0.717) is 11.5 Å². The average Bonchev–Trinajstić information content (AvgIpc) is 2.87. The molecule has 0 saturated heterocycles. The Morgan fingerprint density at radius 1 is 1.61 bits per heavy atom. The molecule has 0 radical (unpaired) electrons. The van der Waals surface area contributed by atoms with Crippen LogP contribution in [0.25, 0.3) is 0 Å². The van der Waals surface area contributed by atoms with E-state index in [1.165, 1.54) is 4.68 Å². The summed E-state index contributed by atoms with van der Waals surface area (Å²) in [4.78, 5) is 11.2. The van der Waals surface area contributed by atoms with E-state index in [9.17, 15) is 9.90 Å². The Kier molecular flexibility index (Phi) is 3.10. The number of carboxylic acid groups (broad SMARTS) is 1. The molecule has 1 atom stereocenters. The van der Waals surface area contributed by atoms with Gasteiger partial charge in [0.15, 0.2) is 0 Å². The van der Waals surface area contributed by atoms with Crippen molar-refractivity contribution >= 4 is 11.8 Å². The van der Waals surface area contributed by atoms with E-state index in [1.807, 2.05) is 13.0 Å². The van der Waals surface area contributed by atoms with Gasteiger partial charge in [0.1, 0.15) is 17.1 Å². The van der Waals surface area contributed by atoms with Gasteiger partial charge in [0.2, 0.25) is 0 Å². The van der Waals surface area contributed by atoms with Crippen molar-refractivity contribution in [2.45, 2.75) is 19.9 Å². The first kappa shape index (κ1) is 12.2. The maximum Gasteiger partial charge on any atom is 0.341 e. The third-order valence-corrected chi connectivity index (χ3v) is 2.76. The number of rotatable bonds is 4. The molecule has 0 aromatic carbocycles. The van der Waals surface area contributed by atoms with Gasteiger partial charge in [-0.1, -0.05) is 0 Å². The Labute approximate surface area is 104 Å². The molecule has 0 aliphatic carbocycles. The number of hydrogen-bond donors (Lipinski definition) is 2. The molecular weight excluding hydrogens is 234 g/mol. The molecule has 0 spiro atoms. The van der Waals surface area contributed by atoms with Crippen LogP contribution in [0.2, 0.25) is 0 Å². The van der Waals surface area contributed by atoms with Crippen molar-refractivity contribution in [1.29, 1.82) is 0 Å². The fourth-order valence-electron chi connectivity index (χ4n) is 1.89. The molecule has 2 rings (SSSR count). The van der Waals surface area contributed by atoms with E-state index < -0.39 is 5.97 Å². The second kappa shape index (κ2) is 4.56. The molecule has 96 valence electrons. The van der Waals surface area contributed by atoms with Crippen molar-refractivity contribution in [3.63, 3.8) is 0 Å². The third kappa shape index (κ3) is 2.09. The number of anilines is 1. The number of furan rings is 1. The Bertz CT molecular complexity index is 557. The zero-order chi connectivity index (χ0) is 13.3. The summed E-state index contributed by atoms with van der Waals surface area (Å²) in [5.41, 5.74) is 0.676. The molecule has 6 nitrogen and oxygen atoms in total. The van der Waals surface area contributed by atoms with Crippen molar-refractivity contribution in [3.8, 4) is 0 Å². The molecule has 18 heavy (non-hydrogen) atoms. The van der Waals surface area contributed by atoms with Gasteiger partial charge in [-0.3, -0.25) is 4.68 Å². The summed E-state index contributed by atoms with van der Waals surface area (Å²) < 4.78 is 6.80. The summed E-state index contributed by atoms with van der Waals surface area (Å²) in [5.74, 6) is 0.226. The number of aryl methyl sites for hydroxylation is 2. The van der Waals surface area contributed by atoms with Crippen molar-refractivity contribution in [2.75, 3.05) is 5.32 Å². The monoisotopic (exact) mass is 249 g/mol. The second-order valence-corrected chi connectivity index (χ2v) is 4.12. The SMILES string of the molecule is Cc1nn(C)c(NC(C)c2ccco2)c1C(=O)O. The third-order valence-electron chi connectivity index (χ3n) is 2.76. The molecule has 0 saturated carbocycles. The van der Waals surface area contributed by atoms with Crippen LogP contribution >= 0.6 is 0 Å². The van der Waals surface area contributed by atoms with Crippen LogP contribution in [0, 0.1) is 6.92 Å². The molecule has 2 N–H and O–H groups in total. The molecule has 0 amide bonds. The van der Waals surface area contributed by atoms with E-state index in [4.69, 9.17) is 4.42 Å². The average molecular weight is 249 g/mol. The van der Waals surface area contributed by atoms with E-state index in [0.717, 1.165) is 5.76 Å². The summed E-state index contributed by atoms with van der Waals surface area (Å²) in [6.45, 7) is 3.57. The number of aromatic nitrogens is 2. The normalized spacial score (nSPS) is 12.4. The molecule has 0 fully saturated rings. The first-order valence-corrected chi connectivity index (χ1v) is 5.57. The molecule has 2 aromatic heterocycles. The lowest BCUT2D eigenvalue weighted by molar-refractivity contribution is 0.0697. The fourth-order valence-corrected chi connectivity index (χ4v) is 1.89. The van der Waals surface area contributed by atoms with E-state index in [2.05, 4.69) is 10.4 Å². The first-order chi connectivity index (χ1) is 8.50. The van der Waals surface area contributed by atoms with Gasteiger partial charge >= 0.3 is 5.97 Å². The first-order valence-electron chi connectivity index (χ1n) is 5.57. The summed E-state index contributed by atoms with van der Waals surface area (Å²) in [5, 5.41) is 16.4. The van der Waals surface area contributed by atoms with Crippen LogP contribution in [0.3, 0.4) is 0 Å². The molecule has 6 heteroatoms. The number of aromatic carboxylic acids is 1. The maximum atomic E-state index is 11.2. The van der Waals surface area contributed by atoms with Gasteiger partial charge in [-0.05, 0) is 26.0 Å². The van der Waals surface area contributed by atoms with Gasteiger partial charge in [0.05, 0.1) is 18.0 Å². The smallest absolute Gasteiger partial charge is 0.341 e. The molecule has 1 unspecified atom stereocenters. The summed E-state index contributed by atoms with van der Waals surface area (Å²) >= 11 is 0. The highest BCUT2D eigenvalue weighted by Gasteiger charge is 2.21. The molecule has 0 aliphatic rings. The minimum atomic E-state index is -0.991. The predicted octanol–water partition coefficient (Wildman–Crippen LogP) is 2.19.